The Morgan fingerprint density at radius 3 is 1.91 bits per heavy atom. The van der Waals surface area contributed by atoms with Crippen LogP contribution in [0.5, 0.6) is 0 Å². The fraction of sp³-hybridized carbons (Fsp3) is 0.714. The third-order valence-corrected chi connectivity index (χ3v) is 1.71. The molecule has 1 amide bonds. The first-order valence-corrected chi connectivity index (χ1v) is 3.41. The van der Waals surface area contributed by atoms with Crippen molar-refractivity contribution in [2.24, 2.45) is 0 Å². The number of carbonyl (C=O) groups excluding carboxylic acids is 1. The molecule has 0 N–H and O–H groups in total. The Morgan fingerprint density at radius 1 is 1.18 bits per heavy atom. The minimum atomic E-state index is -0.0188. The summed E-state index contributed by atoms with van der Waals surface area (Å²) in [6.07, 6.45) is 3.58. The minimum absolute atomic E-state index is 0. The van der Waals surface area contributed by atoms with Gasteiger partial charge in [0.25, 0.3) is 0 Å². The van der Waals surface area contributed by atoms with Gasteiger partial charge in [0.15, 0.2) is 0 Å². The van der Waals surface area contributed by atoms with Crippen LogP contribution in [0, 0.1) is 6.92 Å². The Balaban J connectivity index is 0. The maximum absolute atomic E-state index is 10.6. The van der Waals surface area contributed by atoms with Crippen LogP contribution in [-0.2, 0) is 18.3 Å². The van der Waals surface area contributed by atoms with Crippen molar-refractivity contribution >= 4 is 19.4 Å². The SMILES string of the molecule is [CH2-]C(=O)N1CCCCC1.[Na+].[SH-]. The molecule has 0 saturated carbocycles. The van der Waals surface area contributed by atoms with Crippen LogP contribution < -0.4 is 29.6 Å². The van der Waals surface area contributed by atoms with Crippen LogP contribution in [0.25, 0.3) is 0 Å². The topological polar surface area (TPSA) is 20.3 Å². The van der Waals surface area contributed by atoms with E-state index in [9.17, 15) is 4.79 Å². The first-order valence-electron chi connectivity index (χ1n) is 3.41. The van der Waals surface area contributed by atoms with Gasteiger partial charge in [-0.3, -0.25) is 0 Å². The number of piperidine rings is 1. The normalized spacial score (nSPS) is 16.2. The van der Waals surface area contributed by atoms with E-state index >= 15 is 0 Å². The molecular formula is C7H13NNaOS-. The molecule has 1 fully saturated rings. The van der Waals surface area contributed by atoms with Crippen LogP contribution >= 0.6 is 0 Å². The van der Waals surface area contributed by atoms with Crippen molar-refractivity contribution in [3.63, 3.8) is 0 Å². The Bertz CT molecular complexity index is 115. The number of rotatable bonds is 0. The van der Waals surface area contributed by atoms with Gasteiger partial charge in [-0.2, -0.15) is 0 Å². The fourth-order valence-corrected chi connectivity index (χ4v) is 1.14. The maximum atomic E-state index is 10.6. The number of carbonyl (C=O) groups is 1. The molecule has 0 radical (unpaired) electrons. The molecule has 0 aromatic carbocycles. The molecule has 1 heterocycles. The smallest absolute Gasteiger partial charge is 0.813 e. The van der Waals surface area contributed by atoms with Crippen molar-refractivity contribution in [2.45, 2.75) is 19.3 Å². The average Bonchev–Trinajstić information content (AvgIpc) is 1.90. The van der Waals surface area contributed by atoms with E-state index < -0.39 is 0 Å². The Hall–Kier alpha value is 0.690. The van der Waals surface area contributed by atoms with E-state index in [2.05, 4.69) is 6.92 Å². The van der Waals surface area contributed by atoms with Gasteiger partial charge in [0.1, 0.15) is 0 Å². The van der Waals surface area contributed by atoms with Crippen LogP contribution in [0.2, 0.25) is 0 Å². The molecule has 0 aromatic rings. The molecule has 2 nitrogen and oxygen atoms in total. The van der Waals surface area contributed by atoms with Gasteiger partial charge in [-0.05, 0) is 19.3 Å². The number of likely N-dealkylation sites (tertiary alicyclic amines) is 1. The van der Waals surface area contributed by atoms with Crippen LogP contribution in [0.3, 0.4) is 0 Å². The first kappa shape index (κ1) is 14.2. The summed E-state index contributed by atoms with van der Waals surface area (Å²) in [7, 11) is 0. The second-order valence-electron chi connectivity index (χ2n) is 2.44. The van der Waals surface area contributed by atoms with E-state index in [1.165, 1.54) is 6.42 Å². The van der Waals surface area contributed by atoms with Crippen molar-refractivity contribution in [2.75, 3.05) is 13.1 Å². The Kier molecular flexibility index (Phi) is 9.50. The summed E-state index contributed by atoms with van der Waals surface area (Å²) in [5.74, 6) is -0.0188. The molecule has 1 saturated heterocycles. The molecule has 1 rings (SSSR count). The van der Waals surface area contributed by atoms with Crippen LogP contribution in [-0.4, -0.2) is 23.9 Å². The zero-order chi connectivity index (χ0) is 6.69. The summed E-state index contributed by atoms with van der Waals surface area (Å²) < 4.78 is 0. The van der Waals surface area contributed by atoms with E-state index in [0.29, 0.717) is 0 Å². The molecule has 0 aromatic heterocycles. The van der Waals surface area contributed by atoms with E-state index in [0.717, 1.165) is 25.9 Å². The summed E-state index contributed by atoms with van der Waals surface area (Å²) >= 11 is 0. The largest absolute Gasteiger partial charge is 1.00 e. The molecule has 11 heavy (non-hydrogen) atoms. The van der Waals surface area contributed by atoms with Crippen LogP contribution in [0.4, 0.5) is 0 Å². The molecule has 0 bridgehead atoms. The Morgan fingerprint density at radius 2 is 1.64 bits per heavy atom. The second kappa shape index (κ2) is 7.35. The summed E-state index contributed by atoms with van der Waals surface area (Å²) in [6, 6.07) is 0. The molecular weight excluding hydrogens is 169 g/mol. The predicted octanol–water partition coefficient (Wildman–Crippen LogP) is -2.43. The number of hydrogen-bond donors (Lipinski definition) is 0. The van der Waals surface area contributed by atoms with Gasteiger partial charge in [0, 0.05) is 13.1 Å². The monoisotopic (exact) mass is 182 g/mol. The summed E-state index contributed by atoms with van der Waals surface area (Å²) in [5.41, 5.74) is 0. The molecule has 4 heteroatoms. The number of hydrogen-bond acceptors (Lipinski definition) is 2. The van der Waals surface area contributed by atoms with Crippen LogP contribution in [0.1, 0.15) is 19.3 Å². The number of thiol groups is 1. The van der Waals surface area contributed by atoms with Crippen LogP contribution in [0.15, 0.2) is 0 Å². The third kappa shape index (κ3) is 5.01. The van der Waals surface area contributed by atoms with Gasteiger partial charge >= 0.3 is 29.6 Å². The molecule has 1 aliphatic heterocycles. The molecule has 0 unspecified atom stereocenters. The predicted molar refractivity (Wildman–Crippen MR) is 44.5 cm³/mol. The van der Waals surface area contributed by atoms with Crippen molar-refractivity contribution in [1.29, 1.82) is 0 Å². The second-order valence-corrected chi connectivity index (χ2v) is 2.44. The van der Waals surface area contributed by atoms with Gasteiger partial charge in [-0.15, -0.1) is 0 Å². The van der Waals surface area contributed by atoms with Crippen molar-refractivity contribution in [1.82, 2.24) is 4.90 Å². The Labute approximate surface area is 97.5 Å². The van der Waals surface area contributed by atoms with Gasteiger partial charge < -0.3 is 30.1 Å². The standard InChI is InChI=1S/C7H12NO.Na.H2S/c1-7(9)8-5-3-2-4-6-8;;/h1-6H2;;1H2/q-1;+1;/p-1. The van der Waals surface area contributed by atoms with Gasteiger partial charge in [0.2, 0.25) is 0 Å². The zero-order valence-electron chi connectivity index (χ0n) is 7.05. The minimum Gasteiger partial charge on any atom is -0.813 e. The zero-order valence-corrected chi connectivity index (χ0v) is 9.94. The van der Waals surface area contributed by atoms with E-state index in [-0.39, 0.29) is 49.0 Å². The molecule has 0 aliphatic carbocycles. The maximum Gasteiger partial charge on any atom is 1.00 e. The van der Waals surface area contributed by atoms with E-state index in [1.54, 1.807) is 0 Å². The molecule has 0 atom stereocenters. The molecule has 0 spiro atoms. The van der Waals surface area contributed by atoms with Gasteiger partial charge in [-0.1, -0.05) is 0 Å². The molecule has 1 aliphatic rings. The van der Waals surface area contributed by atoms with Crippen molar-refractivity contribution < 1.29 is 34.4 Å². The summed E-state index contributed by atoms with van der Waals surface area (Å²) in [5, 5.41) is 0. The van der Waals surface area contributed by atoms with E-state index in [4.69, 9.17) is 0 Å². The third-order valence-electron chi connectivity index (χ3n) is 1.71. The first-order chi connectivity index (χ1) is 4.30. The van der Waals surface area contributed by atoms with Gasteiger partial charge in [0.05, 0.1) is 5.91 Å². The average molecular weight is 182 g/mol. The number of amides is 1. The van der Waals surface area contributed by atoms with E-state index in [1.807, 2.05) is 4.90 Å². The molecule has 60 valence electrons. The van der Waals surface area contributed by atoms with Crippen molar-refractivity contribution in [3.05, 3.63) is 6.92 Å². The number of nitrogens with zero attached hydrogens (tertiary/aromatic N) is 1. The quantitative estimate of drug-likeness (QED) is 0.180. The fourth-order valence-electron chi connectivity index (χ4n) is 1.14. The summed E-state index contributed by atoms with van der Waals surface area (Å²) in [6.45, 7) is 5.19. The summed E-state index contributed by atoms with van der Waals surface area (Å²) in [4.78, 5) is 12.4. The van der Waals surface area contributed by atoms with Gasteiger partial charge in [-0.25, -0.2) is 0 Å². The van der Waals surface area contributed by atoms with Crippen molar-refractivity contribution in [3.8, 4) is 0 Å².